The second kappa shape index (κ2) is 7.43. The Labute approximate surface area is 125 Å². The molecule has 2 aromatic rings. The maximum atomic E-state index is 12.1. The number of benzene rings is 1. The Morgan fingerprint density at radius 3 is 2.62 bits per heavy atom. The van der Waals surface area contributed by atoms with E-state index >= 15 is 0 Å². The molecule has 0 saturated carbocycles. The molecule has 21 heavy (non-hydrogen) atoms. The predicted octanol–water partition coefficient (Wildman–Crippen LogP) is 3.39. The third kappa shape index (κ3) is 4.60. The number of pyridine rings is 1. The van der Waals surface area contributed by atoms with Gasteiger partial charge >= 0.3 is 0 Å². The summed E-state index contributed by atoms with van der Waals surface area (Å²) in [6.45, 7) is 4.90. The summed E-state index contributed by atoms with van der Waals surface area (Å²) in [5.74, 6) is 0.0230. The third-order valence-corrected chi connectivity index (χ3v) is 3.21. The maximum Gasteiger partial charge on any atom is 0.224 e. The Balaban J connectivity index is 1.96. The van der Waals surface area contributed by atoms with Crippen LogP contribution in [0.5, 0.6) is 0 Å². The number of carbonyl (C=O) groups excluding carboxylic acids is 1. The summed E-state index contributed by atoms with van der Waals surface area (Å²) >= 11 is 0. The molecule has 1 aromatic heterocycles. The average Bonchev–Trinajstić information content (AvgIpc) is 2.49. The molecule has 2 N–H and O–H groups in total. The molecule has 0 saturated heterocycles. The first kappa shape index (κ1) is 15.0. The minimum absolute atomic E-state index is 0.0230. The van der Waals surface area contributed by atoms with Crippen molar-refractivity contribution in [3.8, 4) is 0 Å². The monoisotopic (exact) mass is 283 g/mol. The molecule has 0 unspecified atom stereocenters. The van der Waals surface area contributed by atoms with Gasteiger partial charge in [0, 0.05) is 25.4 Å². The third-order valence-electron chi connectivity index (χ3n) is 3.21. The first-order chi connectivity index (χ1) is 10.2. The van der Waals surface area contributed by atoms with E-state index in [1.54, 1.807) is 12.4 Å². The minimum atomic E-state index is 0.0230. The van der Waals surface area contributed by atoms with E-state index in [9.17, 15) is 4.79 Å². The highest BCUT2D eigenvalue weighted by molar-refractivity contribution is 5.94. The fourth-order valence-electron chi connectivity index (χ4n) is 2.12. The molecule has 0 spiro atoms. The topological polar surface area (TPSA) is 54.0 Å². The van der Waals surface area contributed by atoms with Crippen molar-refractivity contribution in [3.63, 3.8) is 0 Å². The second-order valence-electron chi connectivity index (χ2n) is 4.98. The van der Waals surface area contributed by atoms with Gasteiger partial charge in [0.2, 0.25) is 5.91 Å². The molecule has 4 heteroatoms. The number of rotatable bonds is 6. The summed E-state index contributed by atoms with van der Waals surface area (Å²) in [5.41, 5.74) is 4.09. The van der Waals surface area contributed by atoms with Crippen molar-refractivity contribution in [1.82, 2.24) is 4.98 Å². The van der Waals surface area contributed by atoms with Crippen LogP contribution in [0.4, 0.5) is 11.4 Å². The smallest absolute Gasteiger partial charge is 0.224 e. The van der Waals surface area contributed by atoms with Crippen molar-refractivity contribution in [2.24, 2.45) is 0 Å². The number of aryl methyl sites for hydroxylation is 2. The van der Waals surface area contributed by atoms with Gasteiger partial charge in [-0.25, -0.2) is 0 Å². The quantitative estimate of drug-likeness (QED) is 0.854. The summed E-state index contributed by atoms with van der Waals surface area (Å²) in [4.78, 5) is 16.0. The van der Waals surface area contributed by atoms with Gasteiger partial charge < -0.3 is 10.6 Å². The number of carbonyl (C=O) groups is 1. The summed E-state index contributed by atoms with van der Waals surface area (Å²) < 4.78 is 0. The van der Waals surface area contributed by atoms with E-state index in [4.69, 9.17) is 0 Å². The van der Waals surface area contributed by atoms with Crippen LogP contribution in [0.2, 0.25) is 0 Å². The summed E-state index contributed by atoms with van der Waals surface area (Å²) in [7, 11) is 0. The molecule has 0 fully saturated rings. The Morgan fingerprint density at radius 2 is 1.90 bits per heavy atom. The van der Waals surface area contributed by atoms with Crippen molar-refractivity contribution < 1.29 is 4.79 Å². The lowest BCUT2D eigenvalue weighted by Crippen LogP contribution is -2.14. The molecule has 110 valence electrons. The van der Waals surface area contributed by atoms with E-state index in [1.165, 1.54) is 5.56 Å². The highest BCUT2D eigenvalue weighted by Crippen LogP contribution is 2.23. The van der Waals surface area contributed by atoms with Gasteiger partial charge in [-0.05, 0) is 55.7 Å². The fourth-order valence-corrected chi connectivity index (χ4v) is 2.12. The molecule has 0 aliphatic carbocycles. The van der Waals surface area contributed by atoms with Gasteiger partial charge in [-0.1, -0.05) is 6.07 Å². The maximum absolute atomic E-state index is 12.1. The molecular formula is C17H21N3O. The van der Waals surface area contributed by atoms with Crippen molar-refractivity contribution in [1.29, 1.82) is 0 Å². The van der Waals surface area contributed by atoms with E-state index in [0.29, 0.717) is 6.42 Å². The van der Waals surface area contributed by atoms with Crippen LogP contribution in [-0.2, 0) is 11.2 Å². The van der Waals surface area contributed by atoms with E-state index < -0.39 is 0 Å². The van der Waals surface area contributed by atoms with E-state index in [1.807, 2.05) is 44.2 Å². The lowest BCUT2D eigenvalue weighted by molar-refractivity contribution is -0.116. The molecule has 1 amide bonds. The summed E-state index contributed by atoms with van der Waals surface area (Å²) in [6, 6.07) is 9.85. The SMILES string of the molecule is CCNc1cc(C)ccc1NC(=O)CCc1ccncc1. The van der Waals surface area contributed by atoms with Gasteiger partial charge in [-0.15, -0.1) is 0 Å². The molecular weight excluding hydrogens is 262 g/mol. The van der Waals surface area contributed by atoms with Crippen LogP contribution in [0.25, 0.3) is 0 Å². The standard InChI is InChI=1S/C17H21N3O/c1-3-19-16-12-13(2)4-6-15(16)20-17(21)7-5-14-8-10-18-11-9-14/h4,6,8-12,19H,3,5,7H2,1-2H3,(H,20,21). The Hall–Kier alpha value is -2.36. The lowest BCUT2D eigenvalue weighted by Gasteiger charge is -2.13. The highest BCUT2D eigenvalue weighted by atomic mass is 16.1. The first-order valence-electron chi connectivity index (χ1n) is 7.22. The van der Waals surface area contributed by atoms with E-state index in [-0.39, 0.29) is 5.91 Å². The van der Waals surface area contributed by atoms with Crippen molar-refractivity contribution in [3.05, 3.63) is 53.9 Å². The molecule has 4 nitrogen and oxygen atoms in total. The van der Waals surface area contributed by atoms with Gasteiger partial charge in [0.15, 0.2) is 0 Å². The number of anilines is 2. The number of nitrogens with one attached hydrogen (secondary N) is 2. The summed E-state index contributed by atoms with van der Waals surface area (Å²) in [5, 5.41) is 6.25. The van der Waals surface area contributed by atoms with Crippen molar-refractivity contribution >= 4 is 17.3 Å². The molecule has 1 heterocycles. The molecule has 0 radical (unpaired) electrons. The van der Waals surface area contributed by atoms with Crippen molar-refractivity contribution in [2.75, 3.05) is 17.2 Å². The van der Waals surface area contributed by atoms with Crippen LogP contribution in [-0.4, -0.2) is 17.4 Å². The van der Waals surface area contributed by atoms with E-state index in [2.05, 4.69) is 15.6 Å². The van der Waals surface area contributed by atoms with E-state index in [0.717, 1.165) is 29.9 Å². The zero-order chi connectivity index (χ0) is 15.1. The normalized spacial score (nSPS) is 10.2. The van der Waals surface area contributed by atoms with Crippen LogP contribution in [0, 0.1) is 6.92 Å². The number of nitrogens with zero attached hydrogens (tertiary/aromatic N) is 1. The van der Waals surface area contributed by atoms with Crippen LogP contribution in [0.3, 0.4) is 0 Å². The largest absolute Gasteiger partial charge is 0.384 e. The van der Waals surface area contributed by atoms with Crippen LogP contribution < -0.4 is 10.6 Å². The van der Waals surface area contributed by atoms with Crippen molar-refractivity contribution in [2.45, 2.75) is 26.7 Å². The molecule has 0 aliphatic heterocycles. The van der Waals surface area contributed by atoms with Crippen LogP contribution in [0.1, 0.15) is 24.5 Å². The molecule has 0 bridgehead atoms. The molecule has 0 atom stereocenters. The van der Waals surface area contributed by atoms with Gasteiger partial charge in [-0.2, -0.15) is 0 Å². The van der Waals surface area contributed by atoms with Crippen LogP contribution in [0.15, 0.2) is 42.7 Å². The number of aromatic nitrogens is 1. The number of amides is 1. The Morgan fingerprint density at radius 1 is 1.14 bits per heavy atom. The first-order valence-corrected chi connectivity index (χ1v) is 7.22. The second-order valence-corrected chi connectivity index (χ2v) is 4.98. The highest BCUT2D eigenvalue weighted by Gasteiger charge is 2.07. The number of hydrogen-bond donors (Lipinski definition) is 2. The zero-order valence-corrected chi connectivity index (χ0v) is 12.5. The average molecular weight is 283 g/mol. The van der Waals surface area contributed by atoms with Crippen LogP contribution >= 0.6 is 0 Å². The molecule has 0 aliphatic rings. The van der Waals surface area contributed by atoms with Gasteiger partial charge in [0.25, 0.3) is 0 Å². The Bertz CT molecular complexity index is 596. The summed E-state index contributed by atoms with van der Waals surface area (Å²) in [6.07, 6.45) is 4.67. The zero-order valence-electron chi connectivity index (χ0n) is 12.5. The predicted molar refractivity (Wildman–Crippen MR) is 86.5 cm³/mol. The Kier molecular flexibility index (Phi) is 5.32. The van der Waals surface area contributed by atoms with Gasteiger partial charge in [-0.3, -0.25) is 9.78 Å². The van der Waals surface area contributed by atoms with Gasteiger partial charge in [0.1, 0.15) is 0 Å². The van der Waals surface area contributed by atoms with Gasteiger partial charge in [0.05, 0.1) is 11.4 Å². The number of hydrogen-bond acceptors (Lipinski definition) is 3. The minimum Gasteiger partial charge on any atom is -0.384 e. The fraction of sp³-hybridized carbons (Fsp3) is 0.294. The lowest BCUT2D eigenvalue weighted by atomic mass is 10.1. The molecule has 1 aromatic carbocycles. The molecule has 2 rings (SSSR count).